The number of pyridine rings is 1. The van der Waals surface area contributed by atoms with E-state index in [0.29, 0.717) is 42.3 Å². The van der Waals surface area contributed by atoms with Crippen LogP contribution in [-0.2, 0) is 5.60 Å². The Morgan fingerprint density at radius 3 is 2.48 bits per heavy atom. The molecule has 7 nitrogen and oxygen atoms in total. The van der Waals surface area contributed by atoms with Gasteiger partial charge in [0.1, 0.15) is 0 Å². The number of benzene rings is 1. The van der Waals surface area contributed by atoms with Crippen LogP contribution in [0.5, 0.6) is 0 Å². The Hall–Kier alpha value is -2.69. The SMILES string of the molecule is N#[N+]Nc1ccc(C(=O)N2CCC(O)(c3ccc(Cl)cc3)CC2)cn1. The minimum atomic E-state index is -0.948. The third kappa shape index (κ3) is 3.71. The molecule has 0 spiro atoms. The molecule has 0 bridgehead atoms. The maximum absolute atomic E-state index is 12.6. The van der Waals surface area contributed by atoms with E-state index in [-0.39, 0.29) is 5.91 Å². The average molecular weight is 359 g/mol. The molecule has 2 heterocycles. The van der Waals surface area contributed by atoms with Crippen molar-refractivity contribution >= 4 is 23.3 Å². The Bertz CT molecular complexity index is 793. The van der Waals surface area contributed by atoms with E-state index in [1.165, 1.54) is 6.20 Å². The number of nitrogens with zero attached hydrogens (tertiary/aromatic N) is 4. The number of amides is 1. The van der Waals surface area contributed by atoms with Crippen molar-refractivity contribution < 1.29 is 9.90 Å². The lowest BCUT2D eigenvalue weighted by molar-refractivity contribution is -0.0211. The Kier molecular flexibility index (Phi) is 4.83. The number of aliphatic hydroxyl groups is 1. The third-order valence-electron chi connectivity index (χ3n) is 4.43. The molecular weight excluding hydrogens is 342 g/mol. The summed E-state index contributed by atoms with van der Waals surface area (Å²) in [5.41, 5.74) is 2.60. The number of rotatable bonds is 3. The Labute approximate surface area is 149 Å². The summed E-state index contributed by atoms with van der Waals surface area (Å²) in [6.45, 7) is 0.897. The van der Waals surface area contributed by atoms with Crippen molar-refractivity contribution in [1.29, 1.82) is 5.39 Å². The van der Waals surface area contributed by atoms with Crippen LogP contribution in [0, 0.1) is 5.39 Å². The number of carbonyl (C=O) groups excluding carboxylic acids is 1. The van der Waals surface area contributed by atoms with Gasteiger partial charge >= 0.3 is 5.08 Å². The minimum absolute atomic E-state index is 0.141. The molecule has 1 aliphatic heterocycles. The van der Waals surface area contributed by atoms with Gasteiger partial charge < -0.3 is 10.0 Å². The van der Waals surface area contributed by atoms with Crippen LogP contribution in [0.25, 0.3) is 5.08 Å². The summed E-state index contributed by atoms with van der Waals surface area (Å²) in [5.74, 6) is 0.202. The van der Waals surface area contributed by atoms with Crippen molar-refractivity contribution in [2.75, 3.05) is 18.5 Å². The van der Waals surface area contributed by atoms with Crippen molar-refractivity contribution in [3.05, 3.63) is 63.8 Å². The smallest absolute Gasteiger partial charge is 0.309 e. The van der Waals surface area contributed by atoms with Crippen LogP contribution >= 0.6 is 11.6 Å². The summed E-state index contributed by atoms with van der Waals surface area (Å²) in [4.78, 5) is 18.2. The molecule has 0 saturated carbocycles. The van der Waals surface area contributed by atoms with Crippen LogP contribution in [0.4, 0.5) is 5.82 Å². The maximum Gasteiger partial charge on any atom is 0.309 e. The summed E-state index contributed by atoms with van der Waals surface area (Å²) >= 11 is 5.89. The first-order valence-corrected chi connectivity index (χ1v) is 8.23. The summed E-state index contributed by atoms with van der Waals surface area (Å²) in [6.07, 6.45) is 2.34. The van der Waals surface area contributed by atoms with Crippen LogP contribution in [0.15, 0.2) is 42.6 Å². The molecule has 25 heavy (non-hydrogen) atoms. The van der Waals surface area contributed by atoms with Gasteiger partial charge in [-0.2, -0.15) is 0 Å². The summed E-state index contributed by atoms with van der Waals surface area (Å²) in [6, 6.07) is 10.3. The molecule has 0 unspecified atom stereocenters. The average Bonchev–Trinajstić information content (AvgIpc) is 2.63. The van der Waals surface area contributed by atoms with Gasteiger partial charge in [-0.15, -0.1) is 0 Å². The van der Waals surface area contributed by atoms with Gasteiger partial charge in [0.2, 0.25) is 5.82 Å². The number of nitrogens with one attached hydrogen (secondary N) is 1. The molecule has 1 saturated heterocycles. The Balaban J connectivity index is 1.66. The zero-order valence-corrected chi connectivity index (χ0v) is 14.1. The maximum atomic E-state index is 12.6. The van der Waals surface area contributed by atoms with E-state index in [2.05, 4.69) is 15.5 Å². The second-order valence-electron chi connectivity index (χ2n) is 5.97. The summed E-state index contributed by atoms with van der Waals surface area (Å²) in [5, 5.41) is 22.7. The number of carbonyl (C=O) groups is 1. The lowest BCUT2D eigenvalue weighted by Crippen LogP contribution is -2.45. The van der Waals surface area contributed by atoms with Gasteiger partial charge in [0.15, 0.2) is 0 Å². The molecule has 2 aromatic rings. The van der Waals surface area contributed by atoms with Crippen LogP contribution < -0.4 is 5.43 Å². The number of hydrogen-bond donors (Lipinski definition) is 2. The molecule has 0 aliphatic carbocycles. The predicted octanol–water partition coefficient (Wildman–Crippen LogP) is 3.04. The number of piperidine rings is 1. The third-order valence-corrected chi connectivity index (χ3v) is 4.69. The number of diazo groups is 1. The van der Waals surface area contributed by atoms with Crippen molar-refractivity contribution in [1.82, 2.24) is 9.88 Å². The fraction of sp³-hybridized carbons (Fsp3) is 0.294. The lowest BCUT2D eigenvalue weighted by Gasteiger charge is -2.38. The molecule has 1 amide bonds. The first kappa shape index (κ1) is 17.1. The van der Waals surface area contributed by atoms with Gasteiger partial charge in [-0.1, -0.05) is 23.7 Å². The van der Waals surface area contributed by atoms with E-state index in [1.807, 2.05) is 12.1 Å². The first-order chi connectivity index (χ1) is 12.0. The van der Waals surface area contributed by atoms with Gasteiger partial charge in [-0.25, -0.2) is 4.98 Å². The highest BCUT2D eigenvalue weighted by atomic mass is 35.5. The van der Waals surface area contributed by atoms with Crippen molar-refractivity contribution in [2.45, 2.75) is 18.4 Å². The van der Waals surface area contributed by atoms with Crippen molar-refractivity contribution in [3.63, 3.8) is 0 Å². The molecule has 128 valence electrons. The normalized spacial score (nSPS) is 16.1. The fourth-order valence-electron chi connectivity index (χ4n) is 2.95. The lowest BCUT2D eigenvalue weighted by atomic mass is 9.84. The van der Waals surface area contributed by atoms with E-state index in [0.717, 1.165) is 5.56 Å². The van der Waals surface area contributed by atoms with Gasteiger partial charge in [0.25, 0.3) is 11.3 Å². The second kappa shape index (κ2) is 7.05. The van der Waals surface area contributed by atoms with Crippen molar-refractivity contribution in [3.8, 4) is 0 Å². The predicted molar refractivity (Wildman–Crippen MR) is 93.4 cm³/mol. The molecule has 8 heteroatoms. The van der Waals surface area contributed by atoms with Crippen LogP contribution in [0.3, 0.4) is 0 Å². The van der Waals surface area contributed by atoms with Crippen LogP contribution in [0.1, 0.15) is 28.8 Å². The zero-order chi connectivity index (χ0) is 17.9. The number of likely N-dealkylation sites (tertiary alicyclic amines) is 1. The molecule has 3 rings (SSSR count). The molecule has 1 fully saturated rings. The van der Waals surface area contributed by atoms with E-state index in [1.54, 1.807) is 29.2 Å². The second-order valence-corrected chi connectivity index (χ2v) is 6.41. The number of hydrogen-bond acceptors (Lipinski definition) is 5. The van der Waals surface area contributed by atoms with Crippen molar-refractivity contribution in [2.24, 2.45) is 0 Å². The standard InChI is InChI=1S/C17H16ClN5O2/c18-14-4-2-13(3-5-14)17(25)7-9-23(10-8-17)16(24)12-1-6-15(20-11-12)21-22-19/h1-6,11,25H,7-10H2/p+1. The van der Waals surface area contributed by atoms with E-state index in [4.69, 9.17) is 17.0 Å². The van der Waals surface area contributed by atoms with Gasteiger partial charge in [0.05, 0.1) is 11.2 Å². The molecule has 1 aromatic heterocycles. The Morgan fingerprint density at radius 1 is 1.24 bits per heavy atom. The Morgan fingerprint density at radius 2 is 1.92 bits per heavy atom. The highest BCUT2D eigenvalue weighted by Crippen LogP contribution is 2.33. The minimum Gasteiger partial charge on any atom is -0.385 e. The number of aromatic nitrogens is 1. The fourth-order valence-corrected chi connectivity index (χ4v) is 3.07. The van der Waals surface area contributed by atoms with Crippen LogP contribution in [0.2, 0.25) is 5.02 Å². The molecule has 0 atom stereocenters. The number of halogens is 1. The molecular formula is C17H17ClN5O2+. The van der Waals surface area contributed by atoms with Gasteiger partial charge in [0, 0.05) is 29.7 Å². The van der Waals surface area contributed by atoms with Crippen LogP contribution in [-0.4, -0.2) is 34.0 Å². The monoisotopic (exact) mass is 358 g/mol. The zero-order valence-electron chi connectivity index (χ0n) is 13.4. The summed E-state index contributed by atoms with van der Waals surface area (Å²) in [7, 11) is 0. The van der Waals surface area contributed by atoms with Gasteiger partial charge in [-0.3, -0.25) is 4.79 Å². The molecule has 1 aromatic carbocycles. The van der Waals surface area contributed by atoms with E-state index < -0.39 is 5.60 Å². The number of anilines is 1. The van der Waals surface area contributed by atoms with E-state index >= 15 is 0 Å². The molecule has 2 N–H and O–H groups in total. The largest absolute Gasteiger partial charge is 0.385 e. The highest BCUT2D eigenvalue weighted by Gasteiger charge is 2.35. The topological polar surface area (TPSA) is 93.6 Å². The quantitative estimate of drug-likeness (QED) is 0.649. The molecule has 1 aliphatic rings. The molecule has 0 radical (unpaired) electrons. The first-order valence-electron chi connectivity index (χ1n) is 7.86. The van der Waals surface area contributed by atoms with Gasteiger partial charge in [-0.05, 0) is 42.7 Å². The highest BCUT2D eigenvalue weighted by molar-refractivity contribution is 6.30. The van der Waals surface area contributed by atoms with E-state index in [9.17, 15) is 9.90 Å². The summed E-state index contributed by atoms with van der Waals surface area (Å²) < 4.78 is 0.